The second-order valence-corrected chi connectivity index (χ2v) is 7.19. The van der Waals surface area contributed by atoms with E-state index in [1.54, 1.807) is 24.3 Å². The molecule has 1 aromatic rings. The number of anilines is 1. The number of aliphatic hydroxyl groups excluding tert-OH is 1. The number of rotatable bonds is 8. The van der Waals surface area contributed by atoms with E-state index in [0.717, 1.165) is 44.6 Å². The van der Waals surface area contributed by atoms with Crippen molar-refractivity contribution >= 4 is 17.5 Å². The van der Waals surface area contributed by atoms with Crippen LogP contribution >= 0.6 is 0 Å². The first-order valence-corrected chi connectivity index (χ1v) is 9.82. The number of nitrogens with one attached hydrogen (secondary N) is 1. The van der Waals surface area contributed by atoms with E-state index in [2.05, 4.69) is 10.2 Å². The molecule has 2 heterocycles. The Morgan fingerprint density at radius 1 is 1.19 bits per heavy atom. The van der Waals surface area contributed by atoms with Crippen LogP contribution in [-0.2, 0) is 9.59 Å². The van der Waals surface area contributed by atoms with Gasteiger partial charge in [-0.25, -0.2) is 4.90 Å². The number of hydrogen-bond donors (Lipinski definition) is 2. The number of ether oxygens (including phenoxy) is 1. The maximum Gasteiger partial charge on any atom is 0.251 e. The summed E-state index contributed by atoms with van der Waals surface area (Å²) in [4.78, 5) is 28.5. The molecular weight excluding hydrogens is 346 g/mol. The van der Waals surface area contributed by atoms with Gasteiger partial charge in [0.2, 0.25) is 5.91 Å². The van der Waals surface area contributed by atoms with Gasteiger partial charge in [-0.2, -0.15) is 0 Å². The first kappa shape index (κ1) is 19.8. The fourth-order valence-corrected chi connectivity index (χ4v) is 3.51. The summed E-state index contributed by atoms with van der Waals surface area (Å²) in [7, 11) is 0. The Balaban J connectivity index is 1.50. The molecule has 0 saturated carbocycles. The van der Waals surface area contributed by atoms with E-state index in [1.165, 1.54) is 4.90 Å². The van der Waals surface area contributed by atoms with Crippen LogP contribution in [0.3, 0.4) is 0 Å². The molecular formula is C20H29N3O4. The second kappa shape index (κ2) is 9.30. The molecule has 148 valence electrons. The monoisotopic (exact) mass is 375 g/mol. The lowest BCUT2D eigenvalue weighted by molar-refractivity contribution is -0.121. The van der Waals surface area contributed by atoms with Crippen LogP contribution in [0.1, 0.15) is 32.6 Å². The maximum absolute atomic E-state index is 12.7. The van der Waals surface area contributed by atoms with Crippen LogP contribution in [0.5, 0.6) is 5.75 Å². The Morgan fingerprint density at radius 3 is 2.56 bits per heavy atom. The third-order valence-electron chi connectivity index (χ3n) is 5.09. The summed E-state index contributed by atoms with van der Waals surface area (Å²) in [6, 6.07) is 6.61. The van der Waals surface area contributed by atoms with Crippen molar-refractivity contribution in [3.8, 4) is 5.75 Å². The van der Waals surface area contributed by atoms with Crippen LogP contribution in [0.2, 0.25) is 0 Å². The summed E-state index contributed by atoms with van der Waals surface area (Å²) in [5.41, 5.74) is 0.586. The van der Waals surface area contributed by atoms with Crippen molar-refractivity contribution < 1.29 is 19.4 Å². The van der Waals surface area contributed by atoms with Crippen molar-refractivity contribution in [1.29, 1.82) is 0 Å². The number of nitrogens with zero attached hydrogens (tertiary/aromatic N) is 2. The highest BCUT2D eigenvalue weighted by Gasteiger charge is 2.39. The number of benzene rings is 1. The van der Waals surface area contributed by atoms with Crippen LogP contribution in [0.15, 0.2) is 24.3 Å². The van der Waals surface area contributed by atoms with Gasteiger partial charge in [0.05, 0.1) is 30.9 Å². The Hall–Kier alpha value is -1.96. The average Bonchev–Trinajstić information content (AvgIpc) is 2.96. The largest absolute Gasteiger partial charge is 0.494 e. The highest BCUT2D eigenvalue weighted by Crippen LogP contribution is 2.25. The smallest absolute Gasteiger partial charge is 0.251 e. The number of aliphatic hydroxyl groups is 1. The third kappa shape index (κ3) is 5.06. The lowest BCUT2D eigenvalue weighted by Crippen LogP contribution is -2.44. The number of hydrogen-bond acceptors (Lipinski definition) is 6. The molecule has 0 aromatic heterocycles. The van der Waals surface area contributed by atoms with E-state index in [4.69, 9.17) is 4.74 Å². The minimum atomic E-state index is -0.469. The molecule has 3 rings (SSSR count). The minimum absolute atomic E-state index is 0.180. The molecule has 7 heteroatoms. The highest BCUT2D eigenvalue weighted by molar-refractivity contribution is 6.22. The summed E-state index contributed by atoms with van der Waals surface area (Å²) >= 11 is 0. The van der Waals surface area contributed by atoms with Gasteiger partial charge in [0, 0.05) is 26.2 Å². The van der Waals surface area contributed by atoms with Gasteiger partial charge in [0.15, 0.2) is 0 Å². The molecule has 27 heavy (non-hydrogen) atoms. The van der Waals surface area contributed by atoms with Crippen molar-refractivity contribution in [2.75, 3.05) is 37.7 Å². The molecule has 0 spiro atoms. The quantitative estimate of drug-likeness (QED) is 0.664. The molecule has 7 nitrogen and oxygen atoms in total. The number of imide groups is 1. The van der Waals surface area contributed by atoms with Crippen LogP contribution < -0.4 is 15.0 Å². The Labute approximate surface area is 160 Å². The average molecular weight is 375 g/mol. The van der Waals surface area contributed by atoms with Crippen molar-refractivity contribution in [2.24, 2.45) is 0 Å². The molecule has 1 unspecified atom stereocenters. The topological polar surface area (TPSA) is 82.1 Å². The van der Waals surface area contributed by atoms with Gasteiger partial charge in [0.1, 0.15) is 5.75 Å². The lowest BCUT2D eigenvalue weighted by atomic mass is 10.1. The molecule has 2 aliphatic rings. The maximum atomic E-state index is 12.7. The van der Waals surface area contributed by atoms with Crippen LogP contribution in [0.4, 0.5) is 5.69 Å². The van der Waals surface area contributed by atoms with Gasteiger partial charge in [0.25, 0.3) is 5.91 Å². The fraction of sp³-hybridized carbons (Fsp3) is 0.600. The summed E-state index contributed by atoms with van der Waals surface area (Å²) < 4.78 is 5.54. The highest BCUT2D eigenvalue weighted by atomic mass is 16.5. The van der Waals surface area contributed by atoms with Crippen molar-refractivity contribution in [3.05, 3.63) is 24.3 Å². The zero-order valence-corrected chi connectivity index (χ0v) is 15.9. The zero-order chi connectivity index (χ0) is 19.2. The number of carbonyl (C=O) groups is 2. The predicted molar refractivity (Wildman–Crippen MR) is 103 cm³/mol. The molecule has 0 bridgehead atoms. The molecule has 2 fully saturated rings. The van der Waals surface area contributed by atoms with Crippen LogP contribution in [0.25, 0.3) is 0 Å². The number of carbonyl (C=O) groups excluding carboxylic acids is 2. The number of amides is 2. The van der Waals surface area contributed by atoms with Gasteiger partial charge in [-0.15, -0.1) is 0 Å². The summed E-state index contributed by atoms with van der Waals surface area (Å²) in [5.74, 6) is 0.359. The van der Waals surface area contributed by atoms with Crippen molar-refractivity contribution in [3.63, 3.8) is 0 Å². The molecule has 0 aliphatic carbocycles. The summed E-state index contributed by atoms with van der Waals surface area (Å²) in [5, 5.41) is 12.8. The second-order valence-electron chi connectivity index (χ2n) is 7.19. The van der Waals surface area contributed by atoms with E-state index < -0.39 is 6.04 Å². The van der Waals surface area contributed by atoms with Gasteiger partial charge < -0.3 is 20.1 Å². The van der Waals surface area contributed by atoms with Crippen molar-refractivity contribution in [1.82, 2.24) is 10.2 Å². The van der Waals surface area contributed by atoms with E-state index in [0.29, 0.717) is 18.8 Å². The molecule has 2 aliphatic heterocycles. The van der Waals surface area contributed by atoms with Crippen molar-refractivity contribution in [2.45, 2.75) is 44.8 Å². The molecule has 1 aromatic carbocycles. The predicted octanol–water partition coefficient (Wildman–Crippen LogP) is 1.15. The van der Waals surface area contributed by atoms with Crippen LogP contribution in [0, 0.1) is 0 Å². The Morgan fingerprint density at radius 2 is 1.89 bits per heavy atom. The number of piperidine rings is 1. The summed E-state index contributed by atoms with van der Waals surface area (Å²) in [6.07, 6.45) is 2.52. The number of likely N-dealkylation sites (tertiary alicyclic amines) is 1. The Bertz CT molecular complexity index is 641. The first-order valence-electron chi connectivity index (χ1n) is 9.82. The van der Waals surface area contributed by atoms with Gasteiger partial charge in [-0.1, -0.05) is 6.92 Å². The third-order valence-corrected chi connectivity index (χ3v) is 5.09. The van der Waals surface area contributed by atoms with E-state index in [1.807, 2.05) is 6.92 Å². The normalized spacial score (nSPS) is 21.9. The zero-order valence-electron chi connectivity index (χ0n) is 15.9. The van der Waals surface area contributed by atoms with Gasteiger partial charge in [-0.05, 0) is 43.5 Å². The van der Waals surface area contributed by atoms with E-state index >= 15 is 0 Å². The molecule has 0 radical (unpaired) electrons. The minimum Gasteiger partial charge on any atom is -0.494 e. The van der Waals surface area contributed by atoms with E-state index in [9.17, 15) is 14.7 Å². The van der Waals surface area contributed by atoms with E-state index in [-0.39, 0.29) is 24.3 Å². The van der Waals surface area contributed by atoms with Gasteiger partial charge in [-0.3, -0.25) is 9.59 Å². The van der Waals surface area contributed by atoms with Gasteiger partial charge >= 0.3 is 0 Å². The Kier molecular flexibility index (Phi) is 6.82. The molecule has 2 amide bonds. The van der Waals surface area contributed by atoms with Crippen LogP contribution in [-0.4, -0.2) is 66.8 Å². The molecule has 2 saturated heterocycles. The fourth-order valence-electron chi connectivity index (χ4n) is 3.51. The first-order chi connectivity index (χ1) is 13.1. The standard InChI is InChI=1S/C20H29N3O4/c1-2-13-27-17-5-3-15(4-6-17)23-19(25)14-18(20(23)26)21-9-12-22-10-7-16(24)8-11-22/h3-6,16,18,21,24H,2,7-14H2,1H3. The lowest BCUT2D eigenvalue weighted by Gasteiger charge is -2.29. The summed E-state index contributed by atoms with van der Waals surface area (Å²) in [6.45, 7) is 5.89. The molecule has 1 atom stereocenters. The molecule has 2 N–H and O–H groups in total. The SMILES string of the molecule is CCCOc1ccc(N2C(=O)CC(NCCN3CCC(O)CC3)C2=O)cc1.